The summed E-state index contributed by atoms with van der Waals surface area (Å²) in [5.74, 6) is 0. The van der Waals surface area contributed by atoms with Crippen molar-refractivity contribution in [1.29, 1.82) is 0 Å². The molecule has 1 heterocycles. The van der Waals surface area contributed by atoms with Crippen molar-refractivity contribution in [3.05, 3.63) is 48.2 Å². The van der Waals surface area contributed by atoms with Gasteiger partial charge in [0.05, 0.1) is 4.91 Å². The molecule has 0 saturated carbocycles. The first-order valence-electron chi connectivity index (χ1n) is 3.82. The van der Waals surface area contributed by atoms with Crippen LogP contribution in [-0.2, 0) is 10.1 Å². The van der Waals surface area contributed by atoms with Crippen LogP contribution in [0.15, 0.2) is 48.2 Å². The summed E-state index contributed by atoms with van der Waals surface area (Å²) in [5, 5.41) is 2.92. The maximum absolute atomic E-state index is 9.79. The smallest absolute Gasteiger partial charge is 0.289 e. The molecule has 0 aromatic heterocycles. The van der Waals surface area contributed by atoms with Gasteiger partial charge in [-0.25, -0.2) is 0 Å². The molecule has 0 unspecified atom stereocenters. The van der Waals surface area contributed by atoms with E-state index in [-0.39, 0.29) is 4.91 Å². The fourth-order valence-electron chi connectivity index (χ4n) is 0.406. The summed E-state index contributed by atoms with van der Waals surface area (Å²) in [6.07, 6.45) is 11.6. The first kappa shape index (κ1) is 12.7. The van der Waals surface area contributed by atoms with E-state index in [0.29, 0.717) is 0 Å². The predicted octanol–water partition coefficient (Wildman–Crippen LogP) is 1.58. The molecular formula is C9H13NO3S. The summed E-state index contributed by atoms with van der Waals surface area (Å²) < 4.78 is 27.5. The van der Waals surface area contributed by atoms with Crippen molar-refractivity contribution in [2.45, 2.75) is 6.92 Å². The van der Waals surface area contributed by atoms with Crippen LogP contribution < -0.4 is 5.32 Å². The molecule has 78 valence electrons. The maximum atomic E-state index is 9.79. The highest BCUT2D eigenvalue weighted by molar-refractivity contribution is 7.89. The Balaban J connectivity index is 0.000000241. The molecule has 0 bridgehead atoms. The van der Waals surface area contributed by atoms with Gasteiger partial charge in [0.2, 0.25) is 0 Å². The summed E-state index contributed by atoms with van der Waals surface area (Å²) >= 11 is 0. The lowest BCUT2D eigenvalue weighted by Gasteiger charge is -1.86. The minimum absolute atomic E-state index is 0.229. The fraction of sp³-hybridized carbons (Fsp3) is 0.111. The van der Waals surface area contributed by atoms with Crippen LogP contribution >= 0.6 is 0 Å². The van der Waals surface area contributed by atoms with Crippen LogP contribution in [0.4, 0.5) is 0 Å². The van der Waals surface area contributed by atoms with Crippen molar-refractivity contribution >= 4 is 10.1 Å². The van der Waals surface area contributed by atoms with E-state index < -0.39 is 10.1 Å². The Labute approximate surface area is 84.1 Å². The first-order chi connectivity index (χ1) is 6.44. The monoisotopic (exact) mass is 215 g/mol. The van der Waals surface area contributed by atoms with Crippen molar-refractivity contribution in [2.24, 2.45) is 0 Å². The average molecular weight is 215 g/mol. The molecule has 2 N–H and O–H groups in total. The minimum Gasteiger partial charge on any atom is -0.368 e. The van der Waals surface area contributed by atoms with Gasteiger partial charge in [0.15, 0.2) is 0 Å². The lowest BCUT2D eigenvalue weighted by Crippen LogP contribution is -1.95. The molecule has 0 radical (unpaired) electrons. The molecule has 1 rings (SSSR count). The maximum Gasteiger partial charge on any atom is 0.289 e. The standard InChI is InChI=1S/C6H7N.C3H6O3S/c1-2-4-6-7-5-3-1;1-3(2)7(4,5)6/h1-7H;1H2,2H3,(H,4,5,6). The molecule has 0 amide bonds. The van der Waals surface area contributed by atoms with Gasteiger partial charge in [0.25, 0.3) is 10.1 Å². The Bertz CT molecular complexity index is 350. The van der Waals surface area contributed by atoms with Crippen LogP contribution in [0.1, 0.15) is 6.92 Å². The lowest BCUT2D eigenvalue weighted by molar-refractivity contribution is 0.491. The SMILES string of the molecule is C1=CC=CNC=C1.C=C(C)S(=O)(=O)O. The summed E-state index contributed by atoms with van der Waals surface area (Å²) in [7, 11) is -3.94. The third-order valence-corrected chi connectivity index (χ3v) is 2.04. The highest BCUT2D eigenvalue weighted by atomic mass is 32.2. The second kappa shape index (κ2) is 6.17. The van der Waals surface area contributed by atoms with Gasteiger partial charge in [0.1, 0.15) is 0 Å². The van der Waals surface area contributed by atoms with Crippen LogP contribution in [0.2, 0.25) is 0 Å². The van der Waals surface area contributed by atoms with Gasteiger partial charge in [-0.2, -0.15) is 8.42 Å². The highest BCUT2D eigenvalue weighted by Gasteiger charge is 2.01. The normalized spacial score (nSPS) is 13.6. The van der Waals surface area contributed by atoms with E-state index in [9.17, 15) is 8.42 Å². The van der Waals surface area contributed by atoms with Crippen molar-refractivity contribution in [2.75, 3.05) is 0 Å². The van der Waals surface area contributed by atoms with E-state index >= 15 is 0 Å². The van der Waals surface area contributed by atoms with Crippen LogP contribution in [0.3, 0.4) is 0 Å². The van der Waals surface area contributed by atoms with Gasteiger partial charge in [-0.3, -0.25) is 4.55 Å². The largest absolute Gasteiger partial charge is 0.368 e. The van der Waals surface area contributed by atoms with Crippen molar-refractivity contribution < 1.29 is 13.0 Å². The molecule has 1 aliphatic rings. The lowest BCUT2D eigenvalue weighted by atomic mass is 10.5. The van der Waals surface area contributed by atoms with E-state index in [1.165, 1.54) is 6.92 Å². The molecule has 0 spiro atoms. The molecule has 0 fully saturated rings. The first-order valence-corrected chi connectivity index (χ1v) is 5.26. The van der Waals surface area contributed by atoms with Gasteiger partial charge >= 0.3 is 0 Å². The van der Waals surface area contributed by atoms with Gasteiger partial charge in [0, 0.05) is 12.4 Å². The van der Waals surface area contributed by atoms with E-state index in [1.807, 2.05) is 36.7 Å². The number of hydrogen-bond donors (Lipinski definition) is 2. The van der Waals surface area contributed by atoms with Crippen molar-refractivity contribution in [3.8, 4) is 0 Å². The van der Waals surface area contributed by atoms with E-state index in [2.05, 4.69) is 11.9 Å². The van der Waals surface area contributed by atoms with E-state index in [0.717, 1.165) is 0 Å². The summed E-state index contributed by atoms with van der Waals surface area (Å²) in [6.45, 7) is 4.21. The molecule has 1 aliphatic heterocycles. The Morgan fingerprint density at radius 2 is 1.57 bits per heavy atom. The zero-order valence-corrected chi connectivity index (χ0v) is 8.66. The number of nitrogens with one attached hydrogen (secondary N) is 1. The van der Waals surface area contributed by atoms with Crippen molar-refractivity contribution in [3.63, 3.8) is 0 Å². The second-order valence-corrected chi connectivity index (χ2v) is 4.09. The third-order valence-electron chi connectivity index (χ3n) is 1.16. The molecule has 0 aromatic rings. The van der Waals surface area contributed by atoms with Gasteiger partial charge in [-0.05, 0) is 19.1 Å². The summed E-state index contributed by atoms with van der Waals surface area (Å²) in [4.78, 5) is -0.229. The van der Waals surface area contributed by atoms with E-state index in [1.54, 1.807) is 0 Å². The molecule has 0 aromatic carbocycles. The Morgan fingerprint density at radius 3 is 1.86 bits per heavy atom. The zero-order chi connectivity index (χ0) is 11.0. The number of allylic oxidation sites excluding steroid dienone is 5. The molecule has 0 aliphatic carbocycles. The molecular weight excluding hydrogens is 202 g/mol. The van der Waals surface area contributed by atoms with Crippen LogP contribution in [-0.4, -0.2) is 13.0 Å². The molecule has 5 heteroatoms. The molecule has 4 nitrogen and oxygen atoms in total. The Morgan fingerprint density at radius 1 is 1.21 bits per heavy atom. The molecule has 14 heavy (non-hydrogen) atoms. The molecule has 0 atom stereocenters. The summed E-state index contributed by atoms with van der Waals surface area (Å²) in [5.41, 5.74) is 0. The fourth-order valence-corrected chi connectivity index (χ4v) is 0.406. The topological polar surface area (TPSA) is 66.4 Å². The van der Waals surface area contributed by atoms with Gasteiger partial charge < -0.3 is 5.32 Å². The Hall–Kier alpha value is -1.33. The van der Waals surface area contributed by atoms with Crippen LogP contribution in [0.25, 0.3) is 0 Å². The Kier molecular flexibility index (Phi) is 5.59. The van der Waals surface area contributed by atoms with Crippen LogP contribution in [0, 0.1) is 0 Å². The molecule has 0 saturated heterocycles. The number of rotatable bonds is 1. The predicted molar refractivity (Wildman–Crippen MR) is 56.9 cm³/mol. The van der Waals surface area contributed by atoms with Gasteiger partial charge in [-0.1, -0.05) is 18.7 Å². The quantitative estimate of drug-likeness (QED) is 0.652. The van der Waals surface area contributed by atoms with E-state index in [4.69, 9.17) is 4.55 Å². The van der Waals surface area contributed by atoms with Gasteiger partial charge in [-0.15, -0.1) is 0 Å². The van der Waals surface area contributed by atoms with Crippen molar-refractivity contribution in [1.82, 2.24) is 5.32 Å². The summed E-state index contributed by atoms with van der Waals surface area (Å²) in [6, 6.07) is 0. The average Bonchev–Trinajstić information content (AvgIpc) is 2.33. The minimum atomic E-state index is -3.94. The number of hydrogen-bond acceptors (Lipinski definition) is 3. The highest BCUT2D eigenvalue weighted by Crippen LogP contribution is 1.94. The van der Waals surface area contributed by atoms with Crippen LogP contribution in [0.5, 0.6) is 0 Å². The zero-order valence-electron chi connectivity index (χ0n) is 7.84. The third kappa shape index (κ3) is 7.33. The second-order valence-electron chi connectivity index (χ2n) is 2.45.